The van der Waals surface area contributed by atoms with Gasteiger partial charge >= 0.3 is 5.97 Å². The van der Waals surface area contributed by atoms with Crippen LogP contribution in [0.5, 0.6) is 0 Å². The van der Waals surface area contributed by atoms with Crippen molar-refractivity contribution in [3.05, 3.63) is 0 Å². The van der Waals surface area contributed by atoms with E-state index in [1.807, 2.05) is 6.92 Å². The lowest BCUT2D eigenvalue weighted by Crippen LogP contribution is -2.49. The summed E-state index contributed by atoms with van der Waals surface area (Å²) in [5.74, 6) is -1.58. The molecule has 0 bridgehead atoms. The minimum absolute atomic E-state index is 0.247. The standard InChI is InChI=1S/C11H21NO5S/c1-4-12-5-6-17-9(7-12)8-18(15,16)11(2,3)10(13)14/h9H,4-8H2,1-3H3,(H,13,14). The molecule has 1 saturated heterocycles. The van der Waals surface area contributed by atoms with E-state index in [1.165, 1.54) is 13.8 Å². The second-order valence-corrected chi connectivity index (χ2v) is 7.57. The minimum Gasteiger partial charge on any atom is -0.480 e. The lowest BCUT2D eigenvalue weighted by atomic mass is 10.2. The second-order valence-electron chi connectivity index (χ2n) is 4.98. The van der Waals surface area contributed by atoms with Gasteiger partial charge in [0.05, 0.1) is 18.5 Å². The number of hydrogen-bond donors (Lipinski definition) is 1. The van der Waals surface area contributed by atoms with Crippen LogP contribution < -0.4 is 0 Å². The number of likely N-dealkylation sites (N-methyl/N-ethyl adjacent to an activating group) is 1. The molecule has 0 aromatic heterocycles. The Morgan fingerprint density at radius 1 is 1.50 bits per heavy atom. The van der Waals surface area contributed by atoms with Gasteiger partial charge in [-0.15, -0.1) is 0 Å². The van der Waals surface area contributed by atoms with Crippen LogP contribution in [0.25, 0.3) is 0 Å². The maximum Gasteiger partial charge on any atom is 0.324 e. The van der Waals surface area contributed by atoms with Gasteiger partial charge in [0, 0.05) is 13.1 Å². The first-order chi connectivity index (χ1) is 8.20. The van der Waals surface area contributed by atoms with E-state index >= 15 is 0 Å². The SMILES string of the molecule is CCN1CCOC(CS(=O)(=O)C(C)(C)C(=O)O)C1. The number of carboxylic acid groups (broad SMARTS) is 1. The fourth-order valence-corrected chi connectivity index (χ4v) is 3.13. The van der Waals surface area contributed by atoms with Crippen molar-refractivity contribution >= 4 is 15.8 Å². The fourth-order valence-electron chi connectivity index (χ4n) is 1.75. The molecule has 18 heavy (non-hydrogen) atoms. The van der Waals surface area contributed by atoms with E-state index in [4.69, 9.17) is 9.84 Å². The maximum atomic E-state index is 12.1. The van der Waals surface area contributed by atoms with Gasteiger partial charge < -0.3 is 9.84 Å². The van der Waals surface area contributed by atoms with Gasteiger partial charge in [-0.2, -0.15) is 0 Å². The molecule has 106 valence electrons. The highest BCUT2D eigenvalue weighted by Gasteiger charge is 2.43. The first-order valence-electron chi connectivity index (χ1n) is 6.00. The molecule has 0 saturated carbocycles. The van der Waals surface area contributed by atoms with Crippen molar-refractivity contribution in [2.75, 3.05) is 32.0 Å². The lowest BCUT2D eigenvalue weighted by molar-refractivity contribution is -0.139. The van der Waals surface area contributed by atoms with Crippen LogP contribution in [0.15, 0.2) is 0 Å². The molecule has 0 aromatic carbocycles. The molecule has 1 atom stereocenters. The van der Waals surface area contributed by atoms with E-state index in [1.54, 1.807) is 0 Å². The zero-order valence-electron chi connectivity index (χ0n) is 11.0. The van der Waals surface area contributed by atoms with E-state index in [2.05, 4.69) is 4.90 Å². The third-order valence-electron chi connectivity index (χ3n) is 3.37. The molecule has 1 N–H and O–H groups in total. The molecule has 1 unspecified atom stereocenters. The van der Waals surface area contributed by atoms with Gasteiger partial charge in [0.25, 0.3) is 0 Å². The van der Waals surface area contributed by atoms with Crippen molar-refractivity contribution in [2.45, 2.75) is 31.6 Å². The zero-order chi connectivity index (χ0) is 14.0. The van der Waals surface area contributed by atoms with Crippen LogP contribution in [0.1, 0.15) is 20.8 Å². The molecule has 0 spiro atoms. The van der Waals surface area contributed by atoms with Gasteiger partial charge in [-0.3, -0.25) is 9.69 Å². The largest absolute Gasteiger partial charge is 0.480 e. The maximum absolute atomic E-state index is 12.1. The normalized spacial score (nSPS) is 22.9. The van der Waals surface area contributed by atoms with E-state index in [0.29, 0.717) is 13.2 Å². The first-order valence-corrected chi connectivity index (χ1v) is 7.65. The van der Waals surface area contributed by atoms with Crippen molar-refractivity contribution in [1.29, 1.82) is 0 Å². The van der Waals surface area contributed by atoms with Crippen molar-refractivity contribution < 1.29 is 23.1 Å². The number of morpholine rings is 1. The van der Waals surface area contributed by atoms with Crippen LogP contribution in [-0.2, 0) is 19.4 Å². The van der Waals surface area contributed by atoms with Crippen molar-refractivity contribution in [1.82, 2.24) is 4.90 Å². The average molecular weight is 279 g/mol. The van der Waals surface area contributed by atoms with E-state index < -0.39 is 26.7 Å². The highest BCUT2D eigenvalue weighted by atomic mass is 32.2. The van der Waals surface area contributed by atoms with Gasteiger partial charge in [0.2, 0.25) is 0 Å². The number of carboxylic acids is 1. The summed E-state index contributed by atoms with van der Waals surface area (Å²) < 4.78 is 27.8. The molecule has 1 aliphatic rings. The monoisotopic (exact) mass is 279 g/mol. The van der Waals surface area contributed by atoms with Crippen molar-refractivity contribution in [3.63, 3.8) is 0 Å². The van der Waals surface area contributed by atoms with Gasteiger partial charge in [-0.05, 0) is 20.4 Å². The third kappa shape index (κ3) is 3.21. The number of rotatable bonds is 5. The summed E-state index contributed by atoms with van der Waals surface area (Å²) in [6, 6.07) is 0. The predicted octanol–water partition coefficient (Wildman–Crippen LogP) is -0.0149. The average Bonchev–Trinajstić information content (AvgIpc) is 2.28. The quantitative estimate of drug-likeness (QED) is 0.762. The predicted molar refractivity (Wildman–Crippen MR) is 67.4 cm³/mol. The number of nitrogens with zero attached hydrogens (tertiary/aromatic N) is 1. The Morgan fingerprint density at radius 3 is 2.61 bits per heavy atom. The van der Waals surface area contributed by atoms with Crippen LogP contribution in [0.3, 0.4) is 0 Å². The van der Waals surface area contributed by atoms with Crippen LogP contribution >= 0.6 is 0 Å². The Balaban J connectivity index is 2.74. The molecule has 6 nitrogen and oxygen atoms in total. The van der Waals surface area contributed by atoms with Gasteiger partial charge in [0.1, 0.15) is 0 Å². The molecule has 1 heterocycles. The lowest BCUT2D eigenvalue weighted by Gasteiger charge is -2.33. The molecule has 0 aliphatic carbocycles. The number of carbonyl (C=O) groups is 1. The summed E-state index contributed by atoms with van der Waals surface area (Å²) >= 11 is 0. The van der Waals surface area contributed by atoms with Crippen molar-refractivity contribution in [2.24, 2.45) is 0 Å². The molecule has 1 aliphatic heterocycles. The molecular formula is C11H21NO5S. The van der Waals surface area contributed by atoms with Crippen LogP contribution in [0.4, 0.5) is 0 Å². The minimum atomic E-state index is -3.74. The smallest absolute Gasteiger partial charge is 0.324 e. The topological polar surface area (TPSA) is 83.9 Å². The Morgan fingerprint density at radius 2 is 2.11 bits per heavy atom. The molecule has 0 amide bonds. The summed E-state index contributed by atoms with van der Waals surface area (Å²) in [5, 5.41) is 8.97. The Labute approximate surface area is 108 Å². The van der Waals surface area contributed by atoms with Crippen molar-refractivity contribution in [3.8, 4) is 0 Å². The Kier molecular flexibility index (Phi) is 4.74. The highest BCUT2D eigenvalue weighted by Crippen LogP contribution is 2.20. The third-order valence-corrected chi connectivity index (χ3v) is 5.91. The van der Waals surface area contributed by atoms with Crippen LogP contribution in [0, 0.1) is 0 Å². The Bertz CT molecular complexity index is 404. The summed E-state index contributed by atoms with van der Waals surface area (Å²) in [6.45, 7) is 7.07. The van der Waals surface area contributed by atoms with E-state index in [9.17, 15) is 13.2 Å². The van der Waals surface area contributed by atoms with Crippen LogP contribution in [-0.4, -0.2) is 67.2 Å². The molecule has 0 radical (unpaired) electrons. The summed E-state index contributed by atoms with van der Waals surface area (Å²) in [7, 11) is -3.74. The highest BCUT2D eigenvalue weighted by molar-refractivity contribution is 7.93. The molecule has 7 heteroatoms. The van der Waals surface area contributed by atoms with Gasteiger partial charge in [-0.1, -0.05) is 6.92 Å². The van der Waals surface area contributed by atoms with Crippen LogP contribution in [0.2, 0.25) is 0 Å². The number of hydrogen-bond acceptors (Lipinski definition) is 5. The Hall–Kier alpha value is -0.660. The fraction of sp³-hybridized carbons (Fsp3) is 0.909. The van der Waals surface area contributed by atoms with Gasteiger partial charge in [-0.25, -0.2) is 8.42 Å². The molecule has 1 rings (SSSR count). The number of sulfone groups is 1. The zero-order valence-corrected chi connectivity index (χ0v) is 11.9. The summed E-state index contributed by atoms with van der Waals surface area (Å²) in [4.78, 5) is 13.1. The molecule has 0 aromatic rings. The second kappa shape index (κ2) is 5.54. The molecular weight excluding hydrogens is 258 g/mol. The number of ether oxygens (including phenoxy) is 1. The van der Waals surface area contributed by atoms with E-state index in [-0.39, 0.29) is 5.75 Å². The summed E-state index contributed by atoms with van der Waals surface area (Å²) in [5.41, 5.74) is 0. The molecule has 1 fully saturated rings. The number of aliphatic carboxylic acids is 1. The first kappa shape index (κ1) is 15.4. The van der Waals surface area contributed by atoms with E-state index in [0.717, 1.165) is 13.1 Å². The summed E-state index contributed by atoms with van der Waals surface area (Å²) in [6.07, 6.45) is -0.442. The van der Waals surface area contributed by atoms with Gasteiger partial charge in [0.15, 0.2) is 14.6 Å².